The summed E-state index contributed by atoms with van der Waals surface area (Å²) in [5.41, 5.74) is 2.42. The van der Waals surface area contributed by atoms with E-state index >= 15 is 0 Å². The van der Waals surface area contributed by atoms with Gasteiger partial charge in [0.15, 0.2) is 0 Å². The van der Waals surface area contributed by atoms with Crippen molar-refractivity contribution in [1.29, 1.82) is 0 Å². The number of halogens is 1. The maximum absolute atomic E-state index is 6.07. The van der Waals surface area contributed by atoms with Gasteiger partial charge in [-0.05, 0) is 58.6 Å². The normalized spacial score (nSPS) is 18.8. The molecule has 0 aliphatic carbocycles. The highest BCUT2D eigenvalue weighted by molar-refractivity contribution is 9.10. The van der Waals surface area contributed by atoms with Crippen molar-refractivity contribution in [3.05, 3.63) is 53.0 Å². The molecule has 0 spiro atoms. The van der Waals surface area contributed by atoms with Gasteiger partial charge in [-0.3, -0.25) is 0 Å². The molecule has 104 valence electrons. The fourth-order valence-electron chi connectivity index (χ4n) is 2.51. The first kappa shape index (κ1) is 13.7. The van der Waals surface area contributed by atoms with Gasteiger partial charge in [0.1, 0.15) is 11.9 Å². The molecule has 1 aliphatic rings. The zero-order valence-electron chi connectivity index (χ0n) is 11.3. The molecule has 0 saturated carbocycles. The molecule has 0 unspecified atom stereocenters. The quantitative estimate of drug-likeness (QED) is 0.907. The largest absolute Gasteiger partial charge is 0.488 e. The van der Waals surface area contributed by atoms with Crippen molar-refractivity contribution in [1.82, 2.24) is 5.32 Å². The van der Waals surface area contributed by atoms with Gasteiger partial charge < -0.3 is 10.1 Å². The molecule has 0 amide bonds. The van der Waals surface area contributed by atoms with Gasteiger partial charge in [-0.15, -0.1) is 0 Å². The number of piperidine rings is 1. The lowest BCUT2D eigenvalue weighted by atomic mass is 10.1. The van der Waals surface area contributed by atoms with Crippen LogP contribution in [0.4, 0.5) is 0 Å². The smallest absolute Gasteiger partial charge is 0.134 e. The molecule has 20 heavy (non-hydrogen) atoms. The Bertz CT molecular complexity index is 564. The summed E-state index contributed by atoms with van der Waals surface area (Å²) in [7, 11) is 0. The Hall–Kier alpha value is -1.32. The first-order chi connectivity index (χ1) is 9.83. The van der Waals surface area contributed by atoms with E-state index < -0.39 is 0 Å². The molecule has 1 N–H and O–H groups in total. The maximum Gasteiger partial charge on any atom is 0.134 e. The van der Waals surface area contributed by atoms with Crippen LogP contribution in [-0.4, -0.2) is 19.2 Å². The maximum atomic E-state index is 6.07. The van der Waals surface area contributed by atoms with E-state index in [9.17, 15) is 0 Å². The van der Waals surface area contributed by atoms with Crippen LogP contribution in [0, 0.1) is 0 Å². The Morgan fingerprint density at radius 3 is 2.60 bits per heavy atom. The third-order valence-corrected chi connectivity index (χ3v) is 4.20. The van der Waals surface area contributed by atoms with Crippen LogP contribution in [0.1, 0.15) is 12.8 Å². The van der Waals surface area contributed by atoms with Crippen LogP contribution in [0.3, 0.4) is 0 Å². The van der Waals surface area contributed by atoms with Crippen LogP contribution in [0.2, 0.25) is 0 Å². The number of ether oxygens (including phenoxy) is 1. The number of benzene rings is 2. The van der Waals surface area contributed by atoms with Gasteiger partial charge in [0.05, 0.1) is 4.47 Å². The summed E-state index contributed by atoms with van der Waals surface area (Å²) < 4.78 is 7.09. The summed E-state index contributed by atoms with van der Waals surface area (Å²) in [5.74, 6) is 0.929. The molecule has 3 rings (SSSR count). The molecule has 3 heteroatoms. The lowest BCUT2D eigenvalue weighted by Gasteiger charge is -2.24. The topological polar surface area (TPSA) is 21.3 Å². The average molecular weight is 332 g/mol. The number of hydrogen-bond acceptors (Lipinski definition) is 2. The van der Waals surface area contributed by atoms with E-state index in [1.807, 2.05) is 6.07 Å². The number of hydrogen-bond donors (Lipinski definition) is 1. The van der Waals surface area contributed by atoms with Crippen LogP contribution in [0.15, 0.2) is 53.0 Å². The standard InChI is InChI=1S/C17H18BrNO/c18-16-11-14(13-5-2-1-3-6-13)8-9-17(16)20-15-7-4-10-19-12-15/h1-3,5-6,8-9,11,15,19H,4,7,10,12H2/t15-/m0/s1. The van der Waals surface area contributed by atoms with Crippen molar-refractivity contribution < 1.29 is 4.74 Å². The lowest BCUT2D eigenvalue weighted by molar-refractivity contribution is 0.166. The predicted octanol–water partition coefficient (Wildman–Crippen LogP) is 4.25. The van der Waals surface area contributed by atoms with Crippen LogP contribution in [0.25, 0.3) is 11.1 Å². The summed E-state index contributed by atoms with van der Waals surface area (Å²) in [5, 5.41) is 3.37. The molecule has 1 saturated heterocycles. The van der Waals surface area contributed by atoms with Gasteiger partial charge in [0, 0.05) is 6.54 Å². The Morgan fingerprint density at radius 2 is 1.90 bits per heavy atom. The minimum Gasteiger partial charge on any atom is -0.488 e. The van der Waals surface area contributed by atoms with Gasteiger partial charge in [-0.2, -0.15) is 0 Å². The molecule has 1 atom stereocenters. The molecular weight excluding hydrogens is 314 g/mol. The summed E-state index contributed by atoms with van der Waals surface area (Å²) >= 11 is 3.63. The fraction of sp³-hybridized carbons (Fsp3) is 0.294. The Balaban J connectivity index is 1.77. The van der Waals surface area contributed by atoms with Crippen molar-refractivity contribution in [2.24, 2.45) is 0 Å². The molecule has 1 fully saturated rings. The highest BCUT2D eigenvalue weighted by Crippen LogP contribution is 2.31. The van der Waals surface area contributed by atoms with Gasteiger partial charge in [0.2, 0.25) is 0 Å². The molecule has 0 aromatic heterocycles. The number of nitrogens with one attached hydrogen (secondary N) is 1. The zero-order valence-corrected chi connectivity index (χ0v) is 12.9. The first-order valence-electron chi connectivity index (χ1n) is 7.05. The second-order valence-corrected chi connectivity index (χ2v) is 5.95. The highest BCUT2D eigenvalue weighted by Gasteiger charge is 2.15. The molecule has 0 bridgehead atoms. The molecular formula is C17H18BrNO. The second-order valence-electron chi connectivity index (χ2n) is 5.10. The summed E-state index contributed by atoms with van der Waals surface area (Å²) in [6.07, 6.45) is 2.59. The summed E-state index contributed by atoms with van der Waals surface area (Å²) in [6, 6.07) is 16.7. The van der Waals surface area contributed by atoms with E-state index in [4.69, 9.17) is 4.74 Å². The Morgan fingerprint density at radius 1 is 1.05 bits per heavy atom. The minimum absolute atomic E-state index is 0.280. The summed E-state index contributed by atoms with van der Waals surface area (Å²) in [6.45, 7) is 2.04. The number of rotatable bonds is 3. The predicted molar refractivity (Wildman–Crippen MR) is 86.1 cm³/mol. The monoisotopic (exact) mass is 331 g/mol. The van der Waals surface area contributed by atoms with Crippen molar-refractivity contribution >= 4 is 15.9 Å². The summed E-state index contributed by atoms with van der Waals surface area (Å²) in [4.78, 5) is 0. The minimum atomic E-state index is 0.280. The molecule has 0 radical (unpaired) electrons. The lowest BCUT2D eigenvalue weighted by Crippen LogP contribution is -2.37. The van der Waals surface area contributed by atoms with Crippen LogP contribution >= 0.6 is 15.9 Å². The third-order valence-electron chi connectivity index (χ3n) is 3.58. The van der Waals surface area contributed by atoms with E-state index in [1.165, 1.54) is 17.5 Å². The van der Waals surface area contributed by atoms with Crippen molar-refractivity contribution in [3.8, 4) is 16.9 Å². The van der Waals surface area contributed by atoms with E-state index in [-0.39, 0.29) is 6.10 Å². The molecule has 2 nitrogen and oxygen atoms in total. The van der Waals surface area contributed by atoms with Gasteiger partial charge in [-0.1, -0.05) is 36.4 Å². The van der Waals surface area contributed by atoms with Crippen molar-refractivity contribution in [3.63, 3.8) is 0 Å². The van der Waals surface area contributed by atoms with Gasteiger partial charge in [-0.25, -0.2) is 0 Å². The average Bonchev–Trinajstić information content (AvgIpc) is 2.51. The molecule has 1 aliphatic heterocycles. The SMILES string of the molecule is Brc1cc(-c2ccccc2)ccc1O[C@H]1CCCNC1. The third kappa shape index (κ3) is 3.22. The van der Waals surface area contributed by atoms with Gasteiger partial charge >= 0.3 is 0 Å². The Labute approximate surface area is 128 Å². The van der Waals surface area contributed by atoms with Crippen LogP contribution in [-0.2, 0) is 0 Å². The molecule has 2 aromatic carbocycles. The van der Waals surface area contributed by atoms with Crippen LogP contribution < -0.4 is 10.1 Å². The van der Waals surface area contributed by atoms with Crippen molar-refractivity contribution in [2.45, 2.75) is 18.9 Å². The van der Waals surface area contributed by atoms with E-state index in [2.05, 4.69) is 63.7 Å². The highest BCUT2D eigenvalue weighted by atomic mass is 79.9. The van der Waals surface area contributed by atoms with Crippen molar-refractivity contribution in [2.75, 3.05) is 13.1 Å². The fourth-order valence-corrected chi connectivity index (χ4v) is 2.98. The zero-order chi connectivity index (χ0) is 13.8. The van der Waals surface area contributed by atoms with E-state index in [0.717, 1.165) is 29.7 Å². The van der Waals surface area contributed by atoms with Gasteiger partial charge in [0.25, 0.3) is 0 Å². The van der Waals surface area contributed by atoms with Crippen LogP contribution in [0.5, 0.6) is 5.75 Å². The Kier molecular flexibility index (Phi) is 4.38. The second kappa shape index (κ2) is 6.42. The van der Waals surface area contributed by atoms with E-state index in [0.29, 0.717) is 0 Å². The first-order valence-corrected chi connectivity index (χ1v) is 7.84. The molecule has 1 heterocycles. The molecule has 2 aromatic rings. The van der Waals surface area contributed by atoms with E-state index in [1.54, 1.807) is 0 Å².